The molecule has 0 aliphatic carbocycles. The van der Waals surface area contributed by atoms with Gasteiger partial charge in [-0.05, 0) is 37.5 Å². The highest BCUT2D eigenvalue weighted by Crippen LogP contribution is 2.14. The smallest absolute Gasteiger partial charge is 0.253 e. The number of nitrogens with zero attached hydrogens (tertiary/aromatic N) is 1. The molecule has 0 aliphatic heterocycles. The molecule has 0 saturated carbocycles. The number of amides is 1. The lowest BCUT2D eigenvalue weighted by molar-refractivity contribution is -0.126. The zero-order valence-corrected chi connectivity index (χ0v) is 11.9. The number of rotatable bonds is 6. The van der Waals surface area contributed by atoms with E-state index in [4.69, 9.17) is 10.00 Å². The van der Waals surface area contributed by atoms with E-state index in [1.807, 2.05) is 0 Å². The van der Waals surface area contributed by atoms with Crippen LogP contribution in [0.15, 0.2) is 18.2 Å². The molecule has 1 aromatic carbocycles. The molecular weight excluding hydrogens is 259 g/mol. The second-order valence-electron chi connectivity index (χ2n) is 4.99. The molecule has 0 bridgehead atoms. The highest BCUT2D eigenvalue weighted by atomic mass is 19.1. The maximum Gasteiger partial charge on any atom is 0.253 e. The quantitative estimate of drug-likeness (QED) is 0.869. The van der Waals surface area contributed by atoms with E-state index in [1.165, 1.54) is 12.1 Å². The fourth-order valence-electron chi connectivity index (χ4n) is 1.49. The Hall–Kier alpha value is -1.93. The standard InChI is InChI=1S/C15H19FN2O2/c1-10(2)6-7-20-11(3)15(19)18-13-4-5-14(16)12(8-13)9-17/h4-5,8,10-11H,6-7H2,1-3H3,(H,18,19). The van der Waals surface area contributed by atoms with E-state index in [0.29, 0.717) is 18.2 Å². The van der Waals surface area contributed by atoms with E-state index in [0.717, 1.165) is 12.5 Å². The maximum absolute atomic E-state index is 13.1. The Bertz CT molecular complexity index is 509. The van der Waals surface area contributed by atoms with Gasteiger partial charge in [0.05, 0.1) is 5.56 Å². The number of nitrogens with one attached hydrogen (secondary N) is 1. The van der Waals surface area contributed by atoms with Crippen LogP contribution in [0.1, 0.15) is 32.8 Å². The molecule has 1 amide bonds. The van der Waals surface area contributed by atoms with Crippen molar-refractivity contribution in [3.8, 4) is 6.07 Å². The van der Waals surface area contributed by atoms with Gasteiger partial charge in [-0.1, -0.05) is 13.8 Å². The summed E-state index contributed by atoms with van der Waals surface area (Å²) in [6, 6.07) is 5.59. The van der Waals surface area contributed by atoms with Crippen molar-refractivity contribution in [1.82, 2.24) is 0 Å². The van der Waals surface area contributed by atoms with E-state index in [9.17, 15) is 9.18 Å². The number of ether oxygens (including phenoxy) is 1. The van der Waals surface area contributed by atoms with Gasteiger partial charge in [-0.25, -0.2) is 4.39 Å². The first-order chi connectivity index (χ1) is 9.43. The van der Waals surface area contributed by atoms with Gasteiger partial charge in [0.2, 0.25) is 0 Å². The molecule has 1 N–H and O–H groups in total. The molecule has 20 heavy (non-hydrogen) atoms. The summed E-state index contributed by atoms with van der Waals surface area (Å²) in [4.78, 5) is 11.9. The molecule has 1 aromatic rings. The predicted molar refractivity (Wildman–Crippen MR) is 74.6 cm³/mol. The van der Waals surface area contributed by atoms with Crippen molar-refractivity contribution < 1.29 is 13.9 Å². The topological polar surface area (TPSA) is 62.1 Å². The number of carbonyl (C=O) groups excluding carboxylic acids is 1. The van der Waals surface area contributed by atoms with E-state index < -0.39 is 11.9 Å². The zero-order chi connectivity index (χ0) is 15.1. The highest BCUT2D eigenvalue weighted by molar-refractivity contribution is 5.94. The first kappa shape index (κ1) is 16.1. The summed E-state index contributed by atoms with van der Waals surface area (Å²) in [5.74, 6) is -0.406. The fraction of sp³-hybridized carbons (Fsp3) is 0.467. The van der Waals surface area contributed by atoms with Crippen molar-refractivity contribution in [2.45, 2.75) is 33.3 Å². The van der Waals surface area contributed by atoms with Gasteiger partial charge in [0, 0.05) is 12.3 Å². The lowest BCUT2D eigenvalue weighted by Crippen LogP contribution is -2.28. The third kappa shape index (κ3) is 4.98. The summed E-state index contributed by atoms with van der Waals surface area (Å²) in [6.45, 7) is 6.33. The van der Waals surface area contributed by atoms with Gasteiger partial charge in [-0.3, -0.25) is 4.79 Å². The maximum atomic E-state index is 13.1. The van der Waals surface area contributed by atoms with Crippen molar-refractivity contribution in [2.24, 2.45) is 5.92 Å². The minimum Gasteiger partial charge on any atom is -0.369 e. The molecule has 108 valence electrons. The van der Waals surface area contributed by atoms with Crippen LogP contribution in [0.2, 0.25) is 0 Å². The SMILES string of the molecule is CC(C)CCOC(C)C(=O)Nc1ccc(F)c(C#N)c1. The summed E-state index contributed by atoms with van der Waals surface area (Å²) in [7, 11) is 0. The Morgan fingerprint density at radius 2 is 2.15 bits per heavy atom. The number of carbonyl (C=O) groups is 1. The minimum absolute atomic E-state index is 0.101. The van der Waals surface area contributed by atoms with Crippen molar-refractivity contribution in [1.29, 1.82) is 5.26 Å². The second-order valence-corrected chi connectivity index (χ2v) is 4.99. The molecule has 0 fully saturated rings. The molecule has 0 saturated heterocycles. The first-order valence-electron chi connectivity index (χ1n) is 6.56. The molecule has 0 aliphatic rings. The lowest BCUT2D eigenvalue weighted by atomic mass is 10.1. The molecular formula is C15H19FN2O2. The average molecular weight is 278 g/mol. The van der Waals surface area contributed by atoms with Crippen LogP contribution < -0.4 is 5.32 Å². The summed E-state index contributed by atoms with van der Waals surface area (Å²) >= 11 is 0. The Balaban J connectivity index is 2.55. The number of benzene rings is 1. The van der Waals surface area contributed by atoms with Gasteiger partial charge in [0.25, 0.3) is 5.91 Å². The second kappa shape index (κ2) is 7.61. The normalized spacial score (nSPS) is 12.0. The third-order valence-corrected chi connectivity index (χ3v) is 2.79. The average Bonchev–Trinajstić information content (AvgIpc) is 2.40. The van der Waals surface area contributed by atoms with Crippen LogP contribution in [0, 0.1) is 23.1 Å². The number of halogens is 1. The molecule has 0 aromatic heterocycles. The van der Waals surface area contributed by atoms with E-state index in [1.54, 1.807) is 13.0 Å². The molecule has 0 radical (unpaired) electrons. The van der Waals surface area contributed by atoms with E-state index >= 15 is 0 Å². The Kier molecular flexibility index (Phi) is 6.13. The fourth-order valence-corrected chi connectivity index (χ4v) is 1.49. The van der Waals surface area contributed by atoms with Crippen LogP contribution in [-0.4, -0.2) is 18.6 Å². The van der Waals surface area contributed by atoms with E-state index in [-0.39, 0.29) is 11.5 Å². The molecule has 0 spiro atoms. The molecule has 5 heteroatoms. The minimum atomic E-state index is -0.605. The van der Waals surface area contributed by atoms with Gasteiger partial charge < -0.3 is 10.1 Å². The lowest BCUT2D eigenvalue weighted by Gasteiger charge is -2.14. The van der Waals surface area contributed by atoms with E-state index in [2.05, 4.69) is 19.2 Å². The summed E-state index contributed by atoms with van der Waals surface area (Å²) in [5.41, 5.74) is 0.281. The van der Waals surface area contributed by atoms with Crippen molar-refractivity contribution in [3.05, 3.63) is 29.6 Å². The highest BCUT2D eigenvalue weighted by Gasteiger charge is 2.14. The van der Waals surface area contributed by atoms with Crippen LogP contribution in [0.4, 0.5) is 10.1 Å². The Morgan fingerprint density at radius 1 is 1.45 bits per heavy atom. The third-order valence-electron chi connectivity index (χ3n) is 2.79. The number of nitriles is 1. The van der Waals surface area contributed by atoms with Crippen LogP contribution in [-0.2, 0) is 9.53 Å². The van der Waals surface area contributed by atoms with Gasteiger partial charge >= 0.3 is 0 Å². The Labute approximate surface area is 118 Å². The predicted octanol–water partition coefficient (Wildman–Crippen LogP) is 3.09. The van der Waals surface area contributed by atoms with Crippen LogP contribution >= 0.6 is 0 Å². The molecule has 1 atom stereocenters. The zero-order valence-electron chi connectivity index (χ0n) is 11.9. The first-order valence-corrected chi connectivity index (χ1v) is 6.56. The summed E-state index contributed by atoms with van der Waals surface area (Å²) in [5, 5.41) is 11.3. The molecule has 0 heterocycles. The molecule has 4 nitrogen and oxygen atoms in total. The van der Waals surface area contributed by atoms with Crippen LogP contribution in [0.5, 0.6) is 0 Å². The molecule has 1 unspecified atom stereocenters. The number of hydrogen-bond acceptors (Lipinski definition) is 3. The van der Waals surface area contributed by atoms with Gasteiger partial charge in [0.15, 0.2) is 0 Å². The van der Waals surface area contributed by atoms with Crippen LogP contribution in [0.25, 0.3) is 0 Å². The number of hydrogen-bond donors (Lipinski definition) is 1. The van der Waals surface area contributed by atoms with Crippen molar-refractivity contribution in [3.63, 3.8) is 0 Å². The van der Waals surface area contributed by atoms with Gasteiger partial charge in [-0.15, -0.1) is 0 Å². The number of anilines is 1. The van der Waals surface area contributed by atoms with Gasteiger partial charge in [-0.2, -0.15) is 5.26 Å². The van der Waals surface area contributed by atoms with Crippen molar-refractivity contribution >= 4 is 11.6 Å². The van der Waals surface area contributed by atoms with Gasteiger partial charge in [0.1, 0.15) is 18.0 Å². The van der Waals surface area contributed by atoms with Crippen LogP contribution in [0.3, 0.4) is 0 Å². The summed E-state index contributed by atoms with van der Waals surface area (Å²) < 4.78 is 18.6. The van der Waals surface area contributed by atoms with Crippen molar-refractivity contribution in [2.75, 3.05) is 11.9 Å². The largest absolute Gasteiger partial charge is 0.369 e. The monoisotopic (exact) mass is 278 g/mol. The molecule has 1 rings (SSSR count). The summed E-state index contributed by atoms with van der Waals surface area (Å²) in [6.07, 6.45) is 0.288. The Morgan fingerprint density at radius 3 is 2.75 bits per heavy atom.